The molecule has 0 spiro atoms. The van der Waals surface area contributed by atoms with Crippen molar-refractivity contribution in [3.8, 4) is 5.69 Å². The zero-order valence-electron chi connectivity index (χ0n) is 9.94. The molecule has 5 nitrogen and oxygen atoms in total. The average Bonchev–Trinajstić information content (AvgIpc) is 2.86. The van der Waals surface area contributed by atoms with Crippen molar-refractivity contribution >= 4 is 17.7 Å². The number of aromatic nitrogens is 3. The molecule has 0 radical (unpaired) electrons. The molecule has 0 bridgehead atoms. The van der Waals surface area contributed by atoms with Gasteiger partial charge in [0.15, 0.2) is 5.16 Å². The minimum Gasteiger partial charge on any atom is -0.465 e. The minimum atomic E-state index is -0.245. The van der Waals surface area contributed by atoms with E-state index in [4.69, 9.17) is 4.74 Å². The number of ether oxygens (including phenoxy) is 1. The molecular formula is C12H13N3O2S. The SMILES string of the molecule is CCOC(=O)CSc1nncn1-c1ccccc1. The fourth-order valence-corrected chi connectivity index (χ4v) is 2.14. The maximum atomic E-state index is 11.3. The van der Waals surface area contributed by atoms with Crippen molar-refractivity contribution < 1.29 is 9.53 Å². The summed E-state index contributed by atoms with van der Waals surface area (Å²) in [5.74, 6) is -0.00978. The number of para-hydroxylation sites is 1. The first-order chi connectivity index (χ1) is 8.81. The van der Waals surface area contributed by atoms with E-state index < -0.39 is 0 Å². The molecule has 18 heavy (non-hydrogen) atoms. The second-order valence-electron chi connectivity index (χ2n) is 3.41. The highest BCUT2D eigenvalue weighted by Crippen LogP contribution is 2.19. The van der Waals surface area contributed by atoms with Crippen LogP contribution in [-0.4, -0.2) is 33.1 Å². The summed E-state index contributed by atoms with van der Waals surface area (Å²) in [5, 5.41) is 8.53. The van der Waals surface area contributed by atoms with Crippen LogP contribution in [0.1, 0.15) is 6.92 Å². The van der Waals surface area contributed by atoms with E-state index in [1.165, 1.54) is 11.8 Å². The third-order valence-electron chi connectivity index (χ3n) is 2.18. The van der Waals surface area contributed by atoms with Crippen LogP contribution in [0.25, 0.3) is 5.69 Å². The molecule has 0 amide bonds. The lowest BCUT2D eigenvalue weighted by atomic mass is 10.3. The van der Waals surface area contributed by atoms with Crippen LogP contribution in [0.5, 0.6) is 0 Å². The molecule has 6 heteroatoms. The van der Waals surface area contributed by atoms with Crippen molar-refractivity contribution in [3.63, 3.8) is 0 Å². The summed E-state index contributed by atoms with van der Waals surface area (Å²) in [6.45, 7) is 2.18. The second-order valence-corrected chi connectivity index (χ2v) is 4.36. The maximum Gasteiger partial charge on any atom is 0.316 e. The van der Waals surface area contributed by atoms with Gasteiger partial charge in [0.05, 0.1) is 12.4 Å². The summed E-state index contributed by atoms with van der Waals surface area (Å²) >= 11 is 1.31. The van der Waals surface area contributed by atoms with E-state index >= 15 is 0 Å². The van der Waals surface area contributed by atoms with E-state index in [1.54, 1.807) is 13.3 Å². The number of rotatable bonds is 5. The molecule has 0 aliphatic carbocycles. The number of esters is 1. The van der Waals surface area contributed by atoms with Gasteiger partial charge in [-0.25, -0.2) is 0 Å². The van der Waals surface area contributed by atoms with E-state index in [0.717, 1.165) is 5.69 Å². The molecule has 0 aliphatic rings. The van der Waals surface area contributed by atoms with Gasteiger partial charge in [0.25, 0.3) is 0 Å². The fourth-order valence-electron chi connectivity index (χ4n) is 1.41. The molecule has 0 N–H and O–H groups in total. The van der Waals surface area contributed by atoms with Gasteiger partial charge in [-0.15, -0.1) is 10.2 Å². The minimum absolute atomic E-state index is 0.235. The predicted octanol–water partition coefficient (Wildman–Crippen LogP) is 1.92. The topological polar surface area (TPSA) is 57.0 Å². The molecule has 1 heterocycles. The Bertz CT molecular complexity index is 513. The first-order valence-corrected chi connectivity index (χ1v) is 6.53. The van der Waals surface area contributed by atoms with Crippen molar-refractivity contribution in [1.29, 1.82) is 0 Å². The first-order valence-electron chi connectivity index (χ1n) is 5.55. The normalized spacial score (nSPS) is 10.3. The monoisotopic (exact) mass is 263 g/mol. The Hall–Kier alpha value is -1.82. The smallest absolute Gasteiger partial charge is 0.316 e. The van der Waals surface area contributed by atoms with Gasteiger partial charge in [0.2, 0.25) is 0 Å². The average molecular weight is 263 g/mol. The number of thioether (sulfide) groups is 1. The largest absolute Gasteiger partial charge is 0.465 e. The number of nitrogens with zero attached hydrogens (tertiary/aromatic N) is 3. The molecule has 0 saturated carbocycles. The Morgan fingerprint density at radius 1 is 1.39 bits per heavy atom. The summed E-state index contributed by atoms with van der Waals surface area (Å²) < 4.78 is 6.71. The zero-order chi connectivity index (χ0) is 12.8. The van der Waals surface area contributed by atoms with Crippen LogP contribution in [0, 0.1) is 0 Å². The quantitative estimate of drug-likeness (QED) is 0.609. The zero-order valence-corrected chi connectivity index (χ0v) is 10.8. The Morgan fingerprint density at radius 3 is 2.89 bits per heavy atom. The molecule has 0 fully saturated rings. The predicted molar refractivity (Wildman–Crippen MR) is 68.7 cm³/mol. The van der Waals surface area contributed by atoms with Crippen molar-refractivity contribution in [3.05, 3.63) is 36.7 Å². The Morgan fingerprint density at radius 2 is 2.17 bits per heavy atom. The van der Waals surface area contributed by atoms with E-state index in [9.17, 15) is 4.79 Å². The third kappa shape index (κ3) is 3.10. The van der Waals surface area contributed by atoms with Crippen LogP contribution >= 0.6 is 11.8 Å². The van der Waals surface area contributed by atoms with Gasteiger partial charge in [0, 0.05) is 5.69 Å². The molecule has 94 valence electrons. The van der Waals surface area contributed by atoms with Crippen LogP contribution in [0.4, 0.5) is 0 Å². The van der Waals surface area contributed by atoms with E-state index in [0.29, 0.717) is 11.8 Å². The van der Waals surface area contributed by atoms with Crippen LogP contribution < -0.4 is 0 Å². The van der Waals surface area contributed by atoms with E-state index in [-0.39, 0.29) is 11.7 Å². The number of carbonyl (C=O) groups is 1. The molecule has 2 aromatic rings. The highest BCUT2D eigenvalue weighted by molar-refractivity contribution is 7.99. The second kappa shape index (κ2) is 6.20. The molecular weight excluding hydrogens is 250 g/mol. The lowest BCUT2D eigenvalue weighted by molar-refractivity contribution is -0.139. The Labute approximate surface area is 109 Å². The van der Waals surface area contributed by atoms with Gasteiger partial charge < -0.3 is 4.74 Å². The third-order valence-corrected chi connectivity index (χ3v) is 3.09. The summed E-state index contributed by atoms with van der Waals surface area (Å²) in [5.41, 5.74) is 0.967. The fraction of sp³-hybridized carbons (Fsp3) is 0.250. The lowest BCUT2D eigenvalue weighted by Gasteiger charge is -2.05. The molecule has 2 rings (SSSR count). The van der Waals surface area contributed by atoms with Crippen LogP contribution in [0.15, 0.2) is 41.8 Å². The van der Waals surface area contributed by atoms with E-state index in [1.807, 2.05) is 34.9 Å². The molecule has 1 aromatic heterocycles. The highest BCUT2D eigenvalue weighted by atomic mass is 32.2. The lowest BCUT2D eigenvalue weighted by Crippen LogP contribution is -2.07. The Kier molecular flexibility index (Phi) is 4.35. The molecule has 0 atom stereocenters. The number of hydrogen-bond donors (Lipinski definition) is 0. The maximum absolute atomic E-state index is 11.3. The van der Waals surface area contributed by atoms with Gasteiger partial charge in [-0.3, -0.25) is 9.36 Å². The first kappa shape index (κ1) is 12.6. The van der Waals surface area contributed by atoms with Gasteiger partial charge >= 0.3 is 5.97 Å². The summed E-state index contributed by atoms with van der Waals surface area (Å²) in [6.07, 6.45) is 1.63. The number of hydrogen-bond acceptors (Lipinski definition) is 5. The van der Waals surface area contributed by atoms with Crippen molar-refractivity contribution in [1.82, 2.24) is 14.8 Å². The summed E-state index contributed by atoms with van der Waals surface area (Å²) in [7, 11) is 0. The number of benzene rings is 1. The number of carbonyl (C=O) groups excluding carboxylic acids is 1. The van der Waals surface area contributed by atoms with Crippen molar-refractivity contribution in [2.24, 2.45) is 0 Å². The standard InChI is InChI=1S/C12H13N3O2S/c1-2-17-11(16)8-18-12-14-13-9-15(12)10-6-4-3-5-7-10/h3-7,9H,2,8H2,1H3. The molecule has 1 aromatic carbocycles. The highest BCUT2D eigenvalue weighted by Gasteiger charge is 2.10. The Balaban J connectivity index is 2.07. The molecule has 0 unspecified atom stereocenters. The summed E-state index contributed by atoms with van der Waals surface area (Å²) in [6, 6.07) is 9.74. The van der Waals surface area contributed by atoms with Gasteiger partial charge in [-0.05, 0) is 19.1 Å². The van der Waals surface area contributed by atoms with Gasteiger partial charge in [-0.2, -0.15) is 0 Å². The van der Waals surface area contributed by atoms with Crippen LogP contribution in [0.2, 0.25) is 0 Å². The van der Waals surface area contributed by atoms with E-state index in [2.05, 4.69) is 10.2 Å². The van der Waals surface area contributed by atoms with Crippen LogP contribution in [-0.2, 0) is 9.53 Å². The van der Waals surface area contributed by atoms with Crippen molar-refractivity contribution in [2.75, 3.05) is 12.4 Å². The molecule has 0 saturated heterocycles. The summed E-state index contributed by atoms with van der Waals surface area (Å²) in [4.78, 5) is 11.3. The van der Waals surface area contributed by atoms with Gasteiger partial charge in [-0.1, -0.05) is 30.0 Å². The van der Waals surface area contributed by atoms with Crippen LogP contribution in [0.3, 0.4) is 0 Å². The van der Waals surface area contributed by atoms with Crippen molar-refractivity contribution in [2.45, 2.75) is 12.1 Å². The van der Waals surface area contributed by atoms with Gasteiger partial charge in [0.1, 0.15) is 6.33 Å². The molecule has 0 aliphatic heterocycles.